The van der Waals surface area contributed by atoms with E-state index in [9.17, 15) is 29.4 Å². The molecule has 0 bridgehead atoms. The van der Waals surface area contributed by atoms with E-state index in [4.69, 9.17) is 5.73 Å². The van der Waals surface area contributed by atoms with Gasteiger partial charge < -0.3 is 36.9 Å². The number of carboxylic acid groups (broad SMARTS) is 1. The summed E-state index contributed by atoms with van der Waals surface area (Å²) in [4.78, 5) is 55.7. The van der Waals surface area contributed by atoms with Gasteiger partial charge in [0.05, 0.1) is 19.0 Å². The molecule has 12 nitrogen and oxygen atoms in total. The van der Waals surface area contributed by atoms with Crippen LogP contribution >= 0.6 is 0 Å². The fourth-order valence-corrected chi connectivity index (χ4v) is 2.95. The fraction of sp³-hybridized carbons (Fsp3) is 0.650. The van der Waals surface area contributed by atoms with Crippen molar-refractivity contribution in [3.8, 4) is 0 Å². The van der Waals surface area contributed by atoms with Gasteiger partial charge in [-0.15, -0.1) is 0 Å². The molecule has 180 valence electrons. The van der Waals surface area contributed by atoms with Gasteiger partial charge >= 0.3 is 5.97 Å². The predicted molar refractivity (Wildman–Crippen MR) is 115 cm³/mol. The maximum atomic E-state index is 12.7. The Kier molecular flexibility index (Phi) is 10.8. The molecule has 0 saturated carbocycles. The van der Waals surface area contributed by atoms with E-state index in [2.05, 4.69) is 25.9 Å². The van der Waals surface area contributed by atoms with Crippen LogP contribution in [0, 0.1) is 11.8 Å². The Morgan fingerprint density at radius 2 is 1.66 bits per heavy atom. The van der Waals surface area contributed by atoms with Gasteiger partial charge in [-0.05, 0) is 18.3 Å². The maximum absolute atomic E-state index is 12.7. The number of hydrogen-bond acceptors (Lipinski definition) is 7. The monoisotopic (exact) mass is 454 g/mol. The van der Waals surface area contributed by atoms with Gasteiger partial charge in [0.2, 0.25) is 17.7 Å². The molecule has 4 atom stereocenters. The van der Waals surface area contributed by atoms with Crippen molar-refractivity contribution in [2.24, 2.45) is 17.6 Å². The average Bonchev–Trinajstić information content (AvgIpc) is 3.21. The molecule has 32 heavy (non-hydrogen) atoms. The Bertz CT molecular complexity index is 767. The summed E-state index contributed by atoms with van der Waals surface area (Å²) in [6.07, 6.45) is 3.21. The second-order valence-electron chi connectivity index (χ2n) is 8.39. The van der Waals surface area contributed by atoms with Crippen LogP contribution in [0.1, 0.15) is 39.8 Å². The van der Waals surface area contributed by atoms with E-state index < -0.39 is 60.4 Å². The van der Waals surface area contributed by atoms with Gasteiger partial charge in [0.15, 0.2) is 0 Å². The smallest absolute Gasteiger partial charge is 0.326 e. The SMILES string of the molecule is CC(C)CC(N)C(=O)NC(CO)C(=O)NC(C(=O)NC(Cc1cnc[nH]1)C(=O)O)C(C)C. The minimum atomic E-state index is -1.31. The van der Waals surface area contributed by atoms with Crippen molar-refractivity contribution in [1.82, 2.24) is 25.9 Å². The number of carbonyl (C=O) groups excluding carboxylic acids is 3. The van der Waals surface area contributed by atoms with E-state index in [0.29, 0.717) is 12.1 Å². The standard InChI is InChI=1S/C20H34N6O6/c1-10(2)5-13(21)17(28)25-15(8-27)18(29)26-16(11(3)4)19(30)24-14(20(31)32)6-12-7-22-9-23-12/h7,9-11,13-16,27H,5-6,8,21H2,1-4H3,(H,22,23)(H,24,30)(H,25,28)(H,26,29)(H,31,32). The van der Waals surface area contributed by atoms with E-state index in [-0.39, 0.29) is 12.3 Å². The fourth-order valence-electron chi connectivity index (χ4n) is 2.95. The number of carbonyl (C=O) groups is 4. The van der Waals surface area contributed by atoms with E-state index in [0.717, 1.165) is 0 Å². The zero-order valence-electron chi connectivity index (χ0n) is 18.8. The molecule has 3 amide bonds. The largest absolute Gasteiger partial charge is 0.480 e. The van der Waals surface area contributed by atoms with Crippen molar-refractivity contribution in [2.45, 2.75) is 64.7 Å². The number of H-pyrrole nitrogens is 1. The van der Waals surface area contributed by atoms with Crippen molar-refractivity contribution in [1.29, 1.82) is 0 Å². The third-order valence-electron chi connectivity index (χ3n) is 4.72. The van der Waals surface area contributed by atoms with Crippen molar-refractivity contribution in [3.05, 3.63) is 18.2 Å². The van der Waals surface area contributed by atoms with Crippen LogP contribution in [0.3, 0.4) is 0 Å². The number of nitrogens with two attached hydrogens (primary N) is 1. The second kappa shape index (κ2) is 12.8. The highest BCUT2D eigenvalue weighted by Gasteiger charge is 2.32. The zero-order chi connectivity index (χ0) is 24.4. The zero-order valence-corrected chi connectivity index (χ0v) is 18.8. The number of carboxylic acids is 1. The minimum absolute atomic E-state index is 0.0249. The summed E-state index contributed by atoms with van der Waals surface area (Å²) < 4.78 is 0. The first kappa shape index (κ1) is 27.0. The summed E-state index contributed by atoms with van der Waals surface area (Å²) in [6.45, 7) is 6.43. The summed E-state index contributed by atoms with van der Waals surface area (Å²) in [7, 11) is 0. The van der Waals surface area contributed by atoms with Gasteiger partial charge in [0.1, 0.15) is 18.1 Å². The Morgan fingerprint density at radius 3 is 2.12 bits per heavy atom. The maximum Gasteiger partial charge on any atom is 0.326 e. The molecular weight excluding hydrogens is 420 g/mol. The normalized spacial score (nSPS) is 15.0. The number of amides is 3. The van der Waals surface area contributed by atoms with Crippen LogP contribution in [0.25, 0.3) is 0 Å². The molecule has 1 heterocycles. The molecular formula is C20H34N6O6. The number of nitrogens with zero attached hydrogens (tertiary/aromatic N) is 1. The molecule has 0 fully saturated rings. The molecule has 1 aromatic heterocycles. The van der Waals surface area contributed by atoms with Crippen LogP contribution in [0.4, 0.5) is 0 Å². The number of hydrogen-bond donors (Lipinski definition) is 7. The first-order valence-electron chi connectivity index (χ1n) is 10.4. The molecule has 12 heteroatoms. The highest BCUT2D eigenvalue weighted by Crippen LogP contribution is 2.06. The lowest BCUT2D eigenvalue weighted by atomic mass is 10.0. The number of imidazole rings is 1. The van der Waals surface area contributed by atoms with Crippen LogP contribution in [0.15, 0.2) is 12.5 Å². The third-order valence-corrected chi connectivity index (χ3v) is 4.72. The third kappa shape index (κ3) is 8.63. The summed E-state index contributed by atoms with van der Waals surface area (Å²) in [5, 5.41) is 26.3. The van der Waals surface area contributed by atoms with Gasteiger partial charge in [-0.2, -0.15) is 0 Å². The summed E-state index contributed by atoms with van der Waals surface area (Å²) in [6, 6.07) is -4.50. The molecule has 0 aromatic carbocycles. The van der Waals surface area contributed by atoms with Gasteiger partial charge in [-0.25, -0.2) is 9.78 Å². The van der Waals surface area contributed by atoms with Crippen LogP contribution in [-0.2, 0) is 25.6 Å². The van der Waals surface area contributed by atoms with Crippen molar-refractivity contribution < 1.29 is 29.4 Å². The molecule has 0 saturated heterocycles. The molecule has 0 aliphatic heterocycles. The topological polar surface area (TPSA) is 200 Å². The van der Waals surface area contributed by atoms with Gasteiger partial charge in [-0.1, -0.05) is 27.7 Å². The lowest BCUT2D eigenvalue weighted by molar-refractivity contribution is -0.142. The molecule has 0 aliphatic carbocycles. The lowest BCUT2D eigenvalue weighted by Crippen LogP contribution is -2.59. The van der Waals surface area contributed by atoms with E-state index in [1.165, 1.54) is 12.5 Å². The average molecular weight is 455 g/mol. The number of aliphatic hydroxyl groups excluding tert-OH is 1. The number of aromatic amines is 1. The Hall–Kier alpha value is -2.99. The van der Waals surface area contributed by atoms with Gasteiger partial charge in [0.25, 0.3) is 0 Å². The predicted octanol–water partition coefficient (Wildman–Crippen LogP) is -1.49. The van der Waals surface area contributed by atoms with Gasteiger partial charge in [-0.3, -0.25) is 14.4 Å². The Labute approximate surface area is 186 Å². The molecule has 0 spiro atoms. The number of aliphatic carboxylic acids is 1. The first-order chi connectivity index (χ1) is 15.0. The molecule has 1 rings (SSSR count). The molecule has 1 aromatic rings. The van der Waals surface area contributed by atoms with E-state index >= 15 is 0 Å². The minimum Gasteiger partial charge on any atom is -0.480 e. The molecule has 0 radical (unpaired) electrons. The lowest BCUT2D eigenvalue weighted by Gasteiger charge is -2.26. The van der Waals surface area contributed by atoms with Crippen LogP contribution in [0.5, 0.6) is 0 Å². The first-order valence-corrected chi connectivity index (χ1v) is 10.4. The van der Waals surface area contributed by atoms with Crippen molar-refractivity contribution in [2.75, 3.05) is 6.61 Å². The Balaban J connectivity index is 2.81. The number of aromatic nitrogens is 2. The summed E-state index contributed by atoms with van der Waals surface area (Å²) >= 11 is 0. The summed E-state index contributed by atoms with van der Waals surface area (Å²) in [5.74, 6) is -3.58. The Morgan fingerprint density at radius 1 is 1.03 bits per heavy atom. The number of aliphatic hydroxyl groups is 1. The second-order valence-corrected chi connectivity index (χ2v) is 8.39. The highest BCUT2D eigenvalue weighted by molar-refractivity contribution is 5.94. The van der Waals surface area contributed by atoms with Crippen LogP contribution < -0.4 is 21.7 Å². The summed E-state index contributed by atoms with van der Waals surface area (Å²) in [5.41, 5.74) is 6.32. The highest BCUT2D eigenvalue weighted by atomic mass is 16.4. The van der Waals surface area contributed by atoms with Crippen molar-refractivity contribution >= 4 is 23.7 Å². The van der Waals surface area contributed by atoms with E-state index in [1.807, 2.05) is 13.8 Å². The van der Waals surface area contributed by atoms with Crippen molar-refractivity contribution in [3.63, 3.8) is 0 Å². The molecule has 0 aliphatic rings. The van der Waals surface area contributed by atoms with E-state index in [1.54, 1.807) is 13.8 Å². The molecule has 4 unspecified atom stereocenters. The van der Waals surface area contributed by atoms with Crippen LogP contribution in [0.2, 0.25) is 0 Å². The van der Waals surface area contributed by atoms with Gasteiger partial charge in [0, 0.05) is 18.3 Å². The number of nitrogens with one attached hydrogen (secondary N) is 4. The molecule has 8 N–H and O–H groups in total. The quantitative estimate of drug-likeness (QED) is 0.187. The number of rotatable bonds is 13. The van der Waals surface area contributed by atoms with Crippen LogP contribution in [-0.4, -0.2) is 74.6 Å².